The van der Waals surface area contributed by atoms with Crippen LogP contribution in [0.4, 0.5) is 16.2 Å². The zero-order valence-corrected chi connectivity index (χ0v) is 15.4. The van der Waals surface area contributed by atoms with E-state index in [1.54, 1.807) is 18.3 Å². The number of hydrogen-bond donors (Lipinski definition) is 3. The lowest BCUT2D eigenvalue weighted by atomic mass is 9.66. The number of aromatic nitrogens is 5. The molecule has 9 heteroatoms. The van der Waals surface area contributed by atoms with Gasteiger partial charge in [0.1, 0.15) is 11.6 Å². The smallest absolute Gasteiger partial charge is 0.259 e. The summed E-state index contributed by atoms with van der Waals surface area (Å²) in [6.45, 7) is 2.31. The molecule has 3 aromatic heterocycles. The number of anilines is 2. The maximum atomic E-state index is 14.2. The first-order valence-corrected chi connectivity index (χ1v) is 9.06. The van der Waals surface area contributed by atoms with Gasteiger partial charge in [-0.05, 0) is 31.9 Å². The number of carbonyl (C=O) groups excluding carboxylic acids is 1. The van der Waals surface area contributed by atoms with E-state index < -0.39 is 0 Å². The van der Waals surface area contributed by atoms with Crippen molar-refractivity contribution in [1.29, 1.82) is 0 Å². The van der Waals surface area contributed by atoms with Gasteiger partial charge in [0.05, 0.1) is 17.0 Å². The Balaban J connectivity index is 1.40. The zero-order chi connectivity index (χ0) is 19.6. The van der Waals surface area contributed by atoms with E-state index in [0.29, 0.717) is 29.6 Å². The second-order valence-corrected chi connectivity index (χ2v) is 6.99. The second kappa shape index (κ2) is 7.34. The number of hydrogen-bond acceptors (Lipinski definition) is 6. The molecule has 1 aliphatic rings. The summed E-state index contributed by atoms with van der Waals surface area (Å²) in [5.41, 5.74) is 1.25. The predicted molar refractivity (Wildman–Crippen MR) is 102 cm³/mol. The molecule has 8 nitrogen and oxygen atoms in total. The van der Waals surface area contributed by atoms with Gasteiger partial charge >= 0.3 is 0 Å². The Kier molecular flexibility index (Phi) is 4.72. The standard InChI is InChI=1S/C19H20FN7O/c1-12-8-15(27-26-12)25-17(28)13-9-22-18(23-10-13)24-11-19(5-3-6-19)16-14(20)4-2-7-21-16/h2,4,7-10H,3,5-6,11H2,1H3,(H,22,23,24)(H2,25,26,27,28). The first kappa shape index (κ1) is 18.0. The molecular weight excluding hydrogens is 361 g/mol. The molecule has 0 spiro atoms. The van der Waals surface area contributed by atoms with Gasteiger partial charge in [-0.25, -0.2) is 14.4 Å². The van der Waals surface area contributed by atoms with Crippen LogP contribution < -0.4 is 10.6 Å². The number of nitrogens with one attached hydrogen (secondary N) is 3. The Morgan fingerprint density at radius 3 is 2.68 bits per heavy atom. The molecule has 1 fully saturated rings. The van der Waals surface area contributed by atoms with Crippen molar-refractivity contribution in [1.82, 2.24) is 25.1 Å². The summed E-state index contributed by atoms with van der Waals surface area (Å²) < 4.78 is 14.2. The number of halogens is 1. The fourth-order valence-electron chi connectivity index (χ4n) is 3.34. The highest BCUT2D eigenvalue weighted by Gasteiger charge is 2.41. The highest BCUT2D eigenvalue weighted by Crippen LogP contribution is 2.43. The minimum Gasteiger partial charge on any atom is -0.353 e. The molecule has 1 amide bonds. The van der Waals surface area contributed by atoms with E-state index in [9.17, 15) is 9.18 Å². The maximum absolute atomic E-state index is 14.2. The van der Waals surface area contributed by atoms with Crippen molar-refractivity contribution in [2.45, 2.75) is 31.6 Å². The maximum Gasteiger partial charge on any atom is 0.259 e. The third-order valence-electron chi connectivity index (χ3n) is 5.02. The Bertz CT molecular complexity index is 982. The Labute approximate surface area is 161 Å². The second-order valence-electron chi connectivity index (χ2n) is 6.99. The molecule has 0 atom stereocenters. The van der Waals surface area contributed by atoms with Gasteiger partial charge in [0.15, 0.2) is 0 Å². The molecule has 0 unspecified atom stereocenters. The van der Waals surface area contributed by atoms with Crippen LogP contribution in [0.3, 0.4) is 0 Å². The summed E-state index contributed by atoms with van der Waals surface area (Å²) >= 11 is 0. The van der Waals surface area contributed by atoms with E-state index in [1.165, 1.54) is 18.5 Å². The monoisotopic (exact) mass is 381 g/mol. The first-order chi connectivity index (χ1) is 13.6. The van der Waals surface area contributed by atoms with E-state index in [0.717, 1.165) is 25.0 Å². The summed E-state index contributed by atoms with van der Waals surface area (Å²) in [6, 6.07) is 4.76. The van der Waals surface area contributed by atoms with E-state index in [2.05, 4.69) is 35.8 Å². The molecule has 3 aromatic rings. The number of amides is 1. The quantitative estimate of drug-likeness (QED) is 0.606. The number of pyridine rings is 1. The minimum atomic E-state index is -0.344. The van der Waals surface area contributed by atoms with Gasteiger partial charge in [-0.1, -0.05) is 6.42 Å². The largest absolute Gasteiger partial charge is 0.353 e. The van der Waals surface area contributed by atoms with Crippen LogP contribution in [0.1, 0.15) is 41.0 Å². The molecule has 0 saturated heterocycles. The molecule has 0 aliphatic heterocycles. The van der Waals surface area contributed by atoms with E-state index in [-0.39, 0.29) is 17.1 Å². The molecule has 0 aromatic carbocycles. The van der Waals surface area contributed by atoms with Crippen molar-refractivity contribution < 1.29 is 9.18 Å². The Morgan fingerprint density at radius 1 is 1.29 bits per heavy atom. The molecule has 28 heavy (non-hydrogen) atoms. The van der Waals surface area contributed by atoms with Crippen LogP contribution in [0.5, 0.6) is 0 Å². The number of aromatic amines is 1. The molecule has 144 valence electrons. The molecule has 3 N–H and O–H groups in total. The van der Waals surface area contributed by atoms with Crippen molar-refractivity contribution in [2.24, 2.45) is 0 Å². The molecule has 1 saturated carbocycles. The molecular formula is C19H20FN7O. The summed E-state index contributed by atoms with van der Waals surface area (Å²) in [5.74, 6) is 0.276. The summed E-state index contributed by atoms with van der Waals surface area (Å²) in [7, 11) is 0. The Morgan fingerprint density at radius 2 is 2.07 bits per heavy atom. The normalized spacial score (nSPS) is 14.9. The number of nitrogens with zero attached hydrogens (tertiary/aromatic N) is 4. The lowest BCUT2D eigenvalue weighted by Gasteiger charge is -2.41. The van der Waals surface area contributed by atoms with Crippen LogP contribution in [-0.4, -0.2) is 37.6 Å². The summed E-state index contributed by atoms with van der Waals surface area (Å²) in [4.78, 5) is 24.9. The van der Waals surface area contributed by atoms with Crippen LogP contribution in [0.2, 0.25) is 0 Å². The van der Waals surface area contributed by atoms with Gasteiger partial charge in [-0.15, -0.1) is 0 Å². The minimum absolute atomic E-state index is 0.286. The van der Waals surface area contributed by atoms with Gasteiger partial charge in [-0.3, -0.25) is 14.9 Å². The fourth-order valence-corrected chi connectivity index (χ4v) is 3.34. The highest BCUT2D eigenvalue weighted by atomic mass is 19.1. The lowest BCUT2D eigenvalue weighted by Crippen LogP contribution is -2.42. The van der Waals surface area contributed by atoms with Gasteiger partial charge in [0.2, 0.25) is 5.95 Å². The van der Waals surface area contributed by atoms with E-state index in [4.69, 9.17) is 0 Å². The van der Waals surface area contributed by atoms with Gasteiger partial charge in [0.25, 0.3) is 5.91 Å². The molecule has 0 radical (unpaired) electrons. The van der Waals surface area contributed by atoms with Crippen molar-refractivity contribution >= 4 is 17.7 Å². The van der Waals surface area contributed by atoms with Crippen molar-refractivity contribution in [3.05, 3.63) is 59.6 Å². The van der Waals surface area contributed by atoms with Gasteiger partial charge in [-0.2, -0.15) is 5.10 Å². The van der Waals surface area contributed by atoms with Crippen LogP contribution in [0.25, 0.3) is 0 Å². The van der Waals surface area contributed by atoms with E-state index in [1.807, 2.05) is 6.92 Å². The van der Waals surface area contributed by atoms with Crippen molar-refractivity contribution in [2.75, 3.05) is 17.2 Å². The summed E-state index contributed by atoms with van der Waals surface area (Å²) in [5, 5.41) is 12.5. The van der Waals surface area contributed by atoms with E-state index >= 15 is 0 Å². The molecule has 0 bridgehead atoms. The van der Waals surface area contributed by atoms with Crippen molar-refractivity contribution in [3.63, 3.8) is 0 Å². The number of rotatable bonds is 6. The predicted octanol–water partition coefficient (Wildman–Crippen LogP) is 2.83. The van der Waals surface area contributed by atoms with Crippen molar-refractivity contribution in [3.8, 4) is 0 Å². The topological polar surface area (TPSA) is 108 Å². The SMILES string of the molecule is Cc1cc(NC(=O)c2cnc(NCC3(c4ncccc4F)CCC3)nc2)[nH]n1. The molecule has 3 heterocycles. The molecule has 4 rings (SSSR count). The first-order valence-electron chi connectivity index (χ1n) is 9.06. The lowest BCUT2D eigenvalue weighted by molar-refractivity contribution is 0.102. The number of aryl methyl sites for hydroxylation is 1. The van der Waals surface area contributed by atoms with Gasteiger partial charge < -0.3 is 10.6 Å². The van der Waals surface area contributed by atoms with Gasteiger partial charge in [0, 0.05) is 36.6 Å². The third-order valence-corrected chi connectivity index (χ3v) is 5.02. The van der Waals surface area contributed by atoms with Crippen LogP contribution in [0, 0.1) is 12.7 Å². The third kappa shape index (κ3) is 3.55. The Hall–Kier alpha value is -3.36. The summed E-state index contributed by atoms with van der Waals surface area (Å²) in [6.07, 6.45) is 7.26. The molecule has 1 aliphatic carbocycles. The van der Waals surface area contributed by atoms with Crippen LogP contribution >= 0.6 is 0 Å². The number of H-pyrrole nitrogens is 1. The average molecular weight is 381 g/mol. The fraction of sp³-hybridized carbons (Fsp3) is 0.316. The number of carbonyl (C=O) groups is 1. The average Bonchev–Trinajstić information content (AvgIpc) is 3.07. The zero-order valence-electron chi connectivity index (χ0n) is 15.4. The van der Waals surface area contributed by atoms with Crippen LogP contribution in [-0.2, 0) is 5.41 Å². The van der Waals surface area contributed by atoms with Crippen LogP contribution in [0.15, 0.2) is 36.8 Å². The highest BCUT2D eigenvalue weighted by molar-refractivity contribution is 6.03.